The van der Waals surface area contributed by atoms with E-state index in [-0.39, 0.29) is 17.2 Å². The molecule has 110 valence electrons. The minimum absolute atomic E-state index is 0.0479. The van der Waals surface area contributed by atoms with Crippen LogP contribution >= 0.6 is 10.7 Å². The van der Waals surface area contributed by atoms with Gasteiger partial charge in [0.2, 0.25) is 0 Å². The summed E-state index contributed by atoms with van der Waals surface area (Å²) in [7, 11) is 1.20. The lowest BCUT2D eigenvalue weighted by molar-refractivity contribution is 0.109. The van der Waals surface area contributed by atoms with Crippen LogP contribution in [0.1, 0.15) is 25.5 Å². The quantitative estimate of drug-likeness (QED) is 0.546. The molecule has 0 spiro atoms. The molecule has 0 aromatic carbocycles. The molecule has 9 heteroatoms. The highest BCUT2D eigenvalue weighted by Crippen LogP contribution is 2.20. The van der Waals surface area contributed by atoms with E-state index in [1.807, 2.05) is 6.92 Å². The fourth-order valence-corrected chi connectivity index (χ4v) is 2.41. The number of hydrogen-bond donors (Lipinski definition) is 0. The standard InChI is InChI=1S/C10H15ClF2N2O3S/c1-2-3-4-18-7-8-9(19(11,16)17)5-15(14-8)6-10(12)13/h5,10H,2-4,6-7H2,1H3. The second kappa shape index (κ2) is 7.16. The van der Waals surface area contributed by atoms with E-state index in [2.05, 4.69) is 5.10 Å². The van der Waals surface area contributed by atoms with Crippen molar-refractivity contribution in [2.45, 2.75) is 44.2 Å². The number of nitrogens with zero attached hydrogens (tertiary/aromatic N) is 2. The van der Waals surface area contributed by atoms with Gasteiger partial charge in [0.15, 0.2) is 0 Å². The zero-order chi connectivity index (χ0) is 14.5. The number of alkyl halides is 2. The average molecular weight is 317 g/mol. The zero-order valence-electron chi connectivity index (χ0n) is 10.4. The van der Waals surface area contributed by atoms with Crippen LogP contribution in [-0.4, -0.2) is 31.2 Å². The number of ether oxygens (including phenoxy) is 1. The molecule has 1 aromatic heterocycles. The van der Waals surface area contributed by atoms with Crippen molar-refractivity contribution in [3.8, 4) is 0 Å². The van der Waals surface area contributed by atoms with Crippen LogP contribution < -0.4 is 0 Å². The van der Waals surface area contributed by atoms with E-state index in [0.29, 0.717) is 6.61 Å². The first kappa shape index (κ1) is 16.3. The summed E-state index contributed by atoms with van der Waals surface area (Å²) in [4.78, 5) is -0.286. The molecule has 0 saturated carbocycles. The monoisotopic (exact) mass is 316 g/mol. The molecule has 1 heterocycles. The highest BCUT2D eigenvalue weighted by molar-refractivity contribution is 8.13. The third-order valence-corrected chi connectivity index (χ3v) is 3.63. The van der Waals surface area contributed by atoms with Gasteiger partial charge in [0.05, 0.1) is 6.61 Å². The maximum Gasteiger partial charge on any atom is 0.264 e. The molecule has 1 aromatic rings. The molecule has 0 bridgehead atoms. The summed E-state index contributed by atoms with van der Waals surface area (Å²) < 4.78 is 53.2. The summed E-state index contributed by atoms with van der Waals surface area (Å²) >= 11 is 0. The van der Waals surface area contributed by atoms with Gasteiger partial charge in [0.1, 0.15) is 17.1 Å². The number of unbranched alkanes of at least 4 members (excludes halogenated alkanes) is 1. The summed E-state index contributed by atoms with van der Waals surface area (Å²) in [6.07, 6.45) is 0.119. The number of aromatic nitrogens is 2. The lowest BCUT2D eigenvalue weighted by atomic mass is 10.4. The third-order valence-electron chi connectivity index (χ3n) is 2.27. The first-order valence-electron chi connectivity index (χ1n) is 5.71. The van der Waals surface area contributed by atoms with Crippen LogP contribution in [0.15, 0.2) is 11.1 Å². The summed E-state index contributed by atoms with van der Waals surface area (Å²) in [5, 5.41) is 3.76. The number of halogens is 3. The Kier molecular flexibility index (Phi) is 6.15. The van der Waals surface area contributed by atoms with Crippen LogP contribution in [0.25, 0.3) is 0 Å². The molecule has 0 fully saturated rings. The summed E-state index contributed by atoms with van der Waals surface area (Å²) in [5.41, 5.74) is 0.0479. The van der Waals surface area contributed by atoms with E-state index in [1.165, 1.54) is 0 Å². The summed E-state index contributed by atoms with van der Waals surface area (Å²) in [6.45, 7) is 1.67. The Balaban J connectivity index is 2.84. The van der Waals surface area contributed by atoms with E-state index in [1.54, 1.807) is 0 Å². The van der Waals surface area contributed by atoms with Gasteiger partial charge in [-0.2, -0.15) is 5.10 Å². The van der Waals surface area contributed by atoms with E-state index < -0.39 is 22.0 Å². The second-order valence-corrected chi connectivity index (χ2v) is 6.43. The largest absolute Gasteiger partial charge is 0.375 e. The Hall–Kier alpha value is -0.730. The van der Waals surface area contributed by atoms with Gasteiger partial charge in [0, 0.05) is 23.5 Å². The fraction of sp³-hybridized carbons (Fsp3) is 0.700. The number of hydrogen-bond acceptors (Lipinski definition) is 4. The van der Waals surface area contributed by atoms with Crippen molar-refractivity contribution in [1.82, 2.24) is 9.78 Å². The molecule has 0 atom stereocenters. The molecule has 0 saturated heterocycles. The van der Waals surface area contributed by atoms with Gasteiger partial charge in [0.25, 0.3) is 15.5 Å². The van der Waals surface area contributed by atoms with Crippen LogP contribution in [0.4, 0.5) is 8.78 Å². The topological polar surface area (TPSA) is 61.2 Å². The maximum atomic E-state index is 12.2. The fourth-order valence-electron chi connectivity index (χ4n) is 1.40. The van der Waals surface area contributed by atoms with Crippen molar-refractivity contribution in [1.29, 1.82) is 0 Å². The van der Waals surface area contributed by atoms with Crippen LogP contribution in [0, 0.1) is 0 Å². The number of rotatable bonds is 8. The van der Waals surface area contributed by atoms with Gasteiger partial charge in [-0.3, -0.25) is 4.68 Å². The van der Waals surface area contributed by atoms with Crippen LogP contribution in [0.5, 0.6) is 0 Å². The van der Waals surface area contributed by atoms with Gasteiger partial charge in [-0.1, -0.05) is 13.3 Å². The Morgan fingerprint density at radius 3 is 2.74 bits per heavy atom. The maximum absolute atomic E-state index is 12.2. The molecule has 0 amide bonds. The van der Waals surface area contributed by atoms with Gasteiger partial charge >= 0.3 is 0 Å². The lowest BCUT2D eigenvalue weighted by Crippen LogP contribution is -2.07. The van der Waals surface area contributed by atoms with E-state index >= 15 is 0 Å². The summed E-state index contributed by atoms with van der Waals surface area (Å²) in [5.74, 6) is 0. The SMILES string of the molecule is CCCCOCc1nn(CC(F)F)cc1S(=O)(=O)Cl. The van der Waals surface area contributed by atoms with E-state index in [0.717, 1.165) is 23.7 Å². The third kappa shape index (κ3) is 5.42. The predicted octanol–water partition coefficient (Wildman–Crippen LogP) is 2.39. The Bertz CT molecular complexity index is 505. The molecular formula is C10H15ClF2N2O3S. The minimum atomic E-state index is -4.03. The Labute approximate surface area is 114 Å². The van der Waals surface area contributed by atoms with Crippen molar-refractivity contribution >= 4 is 19.7 Å². The van der Waals surface area contributed by atoms with E-state index in [4.69, 9.17) is 15.4 Å². The van der Waals surface area contributed by atoms with Gasteiger partial charge in [-0.25, -0.2) is 17.2 Å². The van der Waals surface area contributed by atoms with Gasteiger partial charge in [-0.05, 0) is 6.42 Å². The van der Waals surface area contributed by atoms with E-state index in [9.17, 15) is 17.2 Å². The molecular weight excluding hydrogens is 302 g/mol. The van der Waals surface area contributed by atoms with Crippen molar-refractivity contribution < 1.29 is 21.9 Å². The van der Waals surface area contributed by atoms with Gasteiger partial charge in [-0.15, -0.1) is 0 Å². The average Bonchev–Trinajstić information content (AvgIpc) is 2.66. The highest BCUT2D eigenvalue weighted by Gasteiger charge is 2.21. The smallest absolute Gasteiger partial charge is 0.264 e. The van der Waals surface area contributed by atoms with Crippen molar-refractivity contribution in [3.05, 3.63) is 11.9 Å². The Morgan fingerprint density at radius 2 is 2.21 bits per heavy atom. The van der Waals surface area contributed by atoms with Crippen LogP contribution in [-0.2, 0) is 26.9 Å². The minimum Gasteiger partial charge on any atom is -0.375 e. The molecule has 1 rings (SSSR count). The molecule has 5 nitrogen and oxygen atoms in total. The Morgan fingerprint density at radius 1 is 1.53 bits per heavy atom. The van der Waals surface area contributed by atoms with Crippen LogP contribution in [0.2, 0.25) is 0 Å². The first-order valence-corrected chi connectivity index (χ1v) is 8.02. The van der Waals surface area contributed by atoms with Crippen molar-refractivity contribution in [2.75, 3.05) is 6.61 Å². The summed E-state index contributed by atoms with van der Waals surface area (Å²) in [6, 6.07) is 0. The molecule has 0 unspecified atom stereocenters. The molecule has 19 heavy (non-hydrogen) atoms. The molecule has 0 aliphatic rings. The first-order chi connectivity index (χ1) is 8.84. The normalized spacial score (nSPS) is 12.3. The highest BCUT2D eigenvalue weighted by atomic mass is 35.7. The zero-order valence-corrected chi connectivity index (χ0v) is 11.9. The molecule has 0 N–H and O–H groups in total. The molecule has 0 aliphatic carbocycles. The predicted molar refractivity (Wildman–Crippen MR) is 65.8 cm³/mol. The van der Waals surface area contributed by atoms with Gasteiger partial charge < -0.3 is 4.74 Å². The van der Waals surface area contributed by atoms with Crippen LogP contribution in [0.3, 0.4) is 0 Å². The lowest BCUT2D eigenvalue weighted by Gasteiger charge is -2.02. The van der Waals surface area contributed by atoms with Crippen molar-refractivity contribution in [2.24, 2.45) is 0 Å². The molecule has 0 radical (unpaired) electrons. The van der Waals surface area contributed by atoms with Crippen molar-refractivity contribution in [3.63, 3.8) is 0 Å². The molecule has 0 aliphatic heterocycles. The second-order valence-electron chi connectivity index (χ2n) is 3.90.